The van der Waals surface area contributed by atoms with E-state index < -0.39 is 0 Å². The summed E-state index contributed by atoms with van der Waals surface area (Å²) >= 11 is 0. The normalized spacial score (nSPS) is 18.7. The number of hydrogen-bond donors (Lipinski definition) is 1. The summed E-state index contributed by atoms with van der Waals surface area (Å²) in [5, 5.41) is 7.55. The van der Waals surface area contributed by atoms with Gasteiger partial charge >= 0.3 is 0 Å². The summed E-state index contributed by atoms with van der Waals surface area (Å²) in [5.74, 6) is 0.543. The number of rotatable bonds is 5. The molecule has 2 aromatic heterocycles. The summed E-state index contributed by atoms with van der Waals surface area (Å²) in [6, 6.07) is -0.189. The van der Waals surface area contributed by atoms with E-state index in [0.717, 1.165) is 56.2 Å². The number of fused-ring (bicyclic) bond motifs is 1. The van der Waals surface area contributed by atoms with Crippen molar-refractivity contribution in [3.63, 3.8) is 0 Å². The summed E-state index contributed by atoms with van der Waals surface area (Å²) < 4.78 is 0. The monoisotopic (exact) mass is 438 g/mol. The number of aromatic amines is 1. The highest BCUT2D eigenvalue weighted by atomic mass is 16.2. The molecule has 8 heteroatoms. The molecule has 3 heterocycles. The van der Waals surface area contributed by atoms with Crippen LogP contribution in [-0.4, -0.2) is 61.4 Å². The second-order valence-corrected chi connectivity index (χ2v) is 8.80. The molecule has 1 saturated heterocycles. The minimum absolute atomic E-state index is 0.0290. The number of nitrogens with one attached hydrogen (secondary N) is 1. The molecule has 0 saturated carbocycles. The van der Waals surface area contributed by atoms with Crippen LogP contribution in [0.25, 0.3) is 0 Å². The van der Waals surface area contributed by atoms with E-state index in [9.17, 15) is 9.59 Å². The van der Waals surface area contributed by atoms with Crippen LogP contribution in [0.1, 0.15) is 102 Å². The molecule has 2 amide bonds. The Kier molecular flexibility index (Phi) is 6.86. The van der Waals surface area contributed by atoms with Crippen LogP contribution in [0.5, 0.6) is 0 Å². The average Bonchev–Trinajstić information content (AvgIpc) is 3.07. The number of aromatic nitrogens is 4. The zero-order chi connectivity index (χ0) is 22.7. The topological polar surface area (TPSA) is 95.1 Å². The summed E-state index contributed by atoms with van der Waals surface area (Å²) in [4.78, 5) is 39.3. The van der Waals surface area contributed by atoms with Crippen molar-refractivity contribution in [3.05, 3.63) is 40.2 Å². The maximum atomic E-state index is 13.6. The van der Waals surface area contributed by atoms with Crippen molar-refractivity contribution in [2.45, 2.75) is 78.2 Å². The molecule has 172 valence electrons. The molecule has 2 aromatic rings. The molecule has 4 rings (SSSR count). The van der Waals surface area contributed by atoms with Crippen molar-refractivity contribution >= 4 is 11.8 Å². The van der Waals surface area contributed by atoms with Gasteiger partial charge in [0.2, 0.25) is 0 Å². The van der Waals surface area contributed by atoms with Crippen LogP contribution >= 0.6 is 0 Å². The molecule has 0 aromatic carbocycles. The number of H-pyrrole nitrogens is 1. The average molecular weight is 439 g/mol. The molecule has 1 N–H and O–H groups in total. The quantitative estimate of drug-likeness (QED) is 0.720. The lowest BCUT2D eigenvalue weighted by Gasteiger charge is -2.34. The second-order valence-electron chi connectivity index (χ2n) is 8.80. The highest BCUT2D eigenvalue weighted by Crippen LogP contribution is 2.32. The third kappa shape index (κ3) is 4.27. The molecule has 32 heavy (non-hydrogen) atoms. The van der Waals surface area contributed by atoms with Crippen molar-refractivity contribution < 1.29 is 9.59 Å². The van der Waals surface area contributed by atoms with Gasteiger partial charge in [-0.2, -0.15) is 5.10 Å². The molecule has 1 unspecified atom stereocenters. The number of carbonyl (C=O) groups excluding carboxylic acids is 2. The fraction of sp³-hybridized carbons (Fsp3) is 0.625. The van der Waals surface area contributed by atoms with E-state index in [0.29, 0.717) is 42.4 Å². The number of likely N-dealkylation sites (tertiary alicyclic amines) is 1. The first-order chi connectivity index (χ1) is 15.5. The molecule has 2 aliphatic rings. The maximum Gasteiger partial charge on any atom is 0.275 e. The Morgan fingerprint density at radius 2 is 1.91 bits per heavy atom. The Morgan fingerprint density at radius 3 is 2.66 bits per heavy atom. The molecule has 1 fully saturated rings. The van der Waals surface area contributed by atoms with E-state index in [-0.39, 0.29) is 17.9 Å². The van der Waals surface area contributed by atoms with E-state index in [4.69, 9.17) is 4.98 Å². The Bertz CT molecular complexity index is 981. The lowest BCUT2D eigenvalue weighted by molar-refractivity contribution is 0.0591. The third-order valence-corrected chi connectivity index (χ3v) is 6.85. The molecule has 0 bridgehead atoms. The minimum Gasteiger partial charge on any atom is -0.339 e. The van der Waals surface area contributed by atoms with Crippen LogP contribution in [0.3, 0.4) is 0 Å². The number of amides is 2. The molecular formula is C24H34N6O2. The molecule has 8 nitrogen and oxygen atoms in total. The van der Waals surface area contributed by atoms with Crippen LogP contribution in [0, 0.1) is 6.92 Å². The number of nitrogens with zero attached hydrogens (tertiary/aromatic N) is 5. The van der Waals surface area contributed by atoms with Gasteiger partial charge < -0.3 is 9.80 Å². The number of carbonyl (C=O) groups is 2. The van der Waals surface area contributed by atoms with Gasteiger partial charge in [0, 0.05) is 37.1 Å². The second kappa shape index (κ2) is 9.79. The van der Waals surface area contributed by atoms with Crippen molar-refractivity contribution in [1.82, 2.24) is 30.0 Å². The third-order valence-electron chi connectivity index (χ3n) is 6.85. The van der Waals surface area contributed by atoms with Crippen LogP contribution in [0.15, 0.2) is 6.20 Å². The van der Waals surface area contributed by atoms with Gasteiger partial charge in [0.15, 0.2) is 11.5 Å². The molecule has 1 atom stereocenters. The Hall–Kier alpha value is -2.77. The Morgan fingerprint density at radius 1 is 1.12 bits per heavy atom. The van der Waals surface area contributed by atoms with Crippen LogP contribution in [0.4, 0.5) is 0 Å². The molecule has 1 aliphatic heterocycles. The largest absolute Gasteiger partial charge is 0.339 e. The fourth-order valence-corrected chi connectivity index (χ4v) is 4.95. The predicted octanol–water partition coefficient (Wildman–Crippen LogP) is 3.63. The van der Waals surface area contributed by atoms with Gasteiger partial charge in [-0.15, -0.1) is 0 Å². The van der Waals surface area contributed by atoms with Crippen LogP contribution in [0.2, 0.25) is 0 Å². The SMILES string of the molecule is CCN(CC)C(=O)c1cnc(C2CCCCN2C(=O)c2n[nH]c3c2CCCCC3)nc1C. The van der Waals surface area contributed by atoms with Gasteiger partial charge in [0.1, 0.15) is 0 Å². The molecule has 0 spiro atoms. The number of piperidine rings is 1. The lowest BCUT2D eigenvalue weighted by Crippen LogP contribution is -2.40. The lowest BCUT2D eigenvalue weighted by atomic mass is 9.99. The summed E-state index contributed by atoms with van der Waals surface area (Å²) in [6.07, 6.45) is 9.74. The molecule has 1 aliphatic carbocycles. The van der Waals surface area contributed by atoms with Crippen molar-refractivity contribution in [3.8, 4) is 0 Å². The van der Waals surface area contributed by atoms with E-state index in [1.165, 1.54) is 6.42 Å². The van der Waals surface area contributed by atoms with Gasteiger partial charge in [0.25, 0.3) is 11.8 Å². The highest BCUT2D eigenvalue weighted by Gasteiger charge is 2.34. The van der Waals surface area contributed by atoms with Crippen molar-refractivity contribution in [2.75, 3.05) is 19.6 Å². The van der Waals surface area contributed by atoms with Gasteiger partial charge in [-0.3, -0.25) is 14.7 Å². The molecular weight excluding hydrogens is 404 g/mol. The van der Waals surface area contributed by atoms with Crippen molar-refractivity contribution in [1.29, 1.82) is 0 Å². The standard InChI is InChI=1S/C24H34N6O2/c1-4-29(5-2)23(31)18-15-25-22(26-16(18)3)20-13-9-10-14-30(20)24(32)21-17-11-7-6-8-12-19(17)27-28-21/h15,20H,4-14H2,1-3H3,(H,27,28). The first-order valence-corrected chi connectivity index (χ1v) is 12.0. The predicted molar refractivity (Wildman–Crippen MR) is 121 cm³/mol. The zero-order valence-electron chi connectivity index (χ0n) is 19.5. The van der Waals surface area contributed by atoms with Crippen LogP contribution in [-0.2, 0) is 12.8 Å². The van der Waals surface area contributed by atoms with Gasteiger partial charge in [-0.05, 0) is 65.7 Å². The van der Waals surface area contributed by atoms with E-state index in [2.05, 4.69) is 15.2 Å². The Labute approximate surface area is 189 Å². The van der Waals surface area contributed by atoms with E-state index >= 15 is 0 Å². The zero-order valence-corrected chi connectivity index (χ0v) is 19.5. The smallest absolute Gasteiger partial charge is 0.275 e. The minimum atomic E-state index is -0.189. The molecule has 0 radical (unpaired) electrons. The van der Waals surface area contributed by atoms with Crippen molar-refractivity contribution in [2.24, 2.45) is 0 Å². The number of aryl methyl sites for hydroxylation is 2. The van der Waals surface area contributed by atoms with E-state index in [1.54, 1.807) is 11.1 Å². The van der Waals surface area contributed by atoms with Gasteiger partial charge in [-0.25, -0.2) is 9.97 Å². The number of hydrogen-bond acceptors (Lipinski definition) is 5. The summed E-state index contributed by atoms with van der Waals surface area (Å²) in [6.45, 7) is 7.75. The van der Waals surface area contributed by atoms with Gasteiger partial charge in [0.05, 0.1) is 17.3 Å². The fourth-order valence-electron chi connectivity index (χ4n) is 4.95. The van der Waals surface area contributed by atoms with E-state index in [1.807, 2.05) is 25.7 Å². The van der Waals surface area contributed by atoms with Gasteiger partial charge in [-0.1, -0.05) is 6.42 Å². The summed E-state index contributed by atoms with van der Waals surface area (Å²) in [5.41, 5.74) is 3.97. The Balaban J connectivity index is 1.60. The van der Waals surface area contributed by atoms with Crippen LogP contribution < -0.4 is 0 Å². The maximum absolute atomic E-state index is 13.6. The summed E-state index contributed by atoms with van der Waals surface area (Å²) in [7, 11) is 0. The first-order valence-electron chi connectivity index (χ1n) is 12.0. The highest BCUT2D eigenvalue weighted by molar-refractivity contribution is 5.95. The first kappa shape index (κ1) is 22.4.